The number of rotatable bonds is 3. The summed E-state index contributed by atoms with van der Waals surface area (Å²) in [5, 5.41) is -0.412. The maximum Gasteiger partial charge on any atom is 0.255 e. The molecule has 0 saturated carbocycles. The molecule has 3 heterocycles. The van der Waals surface area contributed by atoms with Crippen LogP contribution in [-0.2, 0) is 9.84 Å². The maximum atomic E-state index is 12.9. The minimum Gasteiger partial charge on any atom is -0.333 e. The Morgan fingerprint density at radius 1 is 1.00 bits per heavy atom. The van der Waals surface area contributed by atoms with Crippen molar-refractivity contribution in [2.45, 2.75) is 47.9 Å². The SMILES string of the molecule is O=C(c1cccnc1)N1C2CCC1CC(S(=O)(=O)c1ccccc1)C2. The molecule has 5 nitrogen and oxygen atoms in total. The Morgan fingerprint density at radius 3 is 2.28 bits per heavy atom. The lowest BCUT2D eigenvalue weighted by Crippen LogP contribution is -2.49. The highest BCUT2D eigenvalue weighted by Crippen LogP contribution is 2.40. The number of aromatic nitrogens is 1. The Bertz CT molecular complexity index is 854. The van der Waals surface area contributed by atoms with Crippen molar-refractivity contribution in [2.75, 3.05) is 0 Å². The molecule has 2 fully saturated rings. The van der Waals surface area contributed by atoms with Gasteiger partial charge in [-0.1, -0.05) is 18.2 Å². The normalized spacial score (nSPS) is 25.8. The van der Waals surface area contributed by atoms with Crippen molar-refractivity contribution in [3.8, 4) is 0 Å². The molecular formula is C19H20N2O3S. The molecule has 1 aromatic carbocycles. The quantitative estimate of drug-likeness (QED) is 0.848. The average Bonchev–Trinajstić information content (AvgIpc) is 2.91. The average molecular weight is 356 g/mol. The molecule has 0 N–H and O–H groups in total. The van der Waals surface area contributed by atoms with Gasteiger partial charge in [0.05, 0.1) is 15.7 Å². The molecule has 0 aliphatic carbocycles. The van der Waals surface area contributed by atoms with Crippen LogP contribution in [0.4, 0.5) is 0 Å². The van der Waals surface area contributed by atoms with E-state index in [1.807, 2.05) is 11.0 Å². The van der Waals surface area contributed by atoms with Crippen molar-refractivity contribution in [2.24, 2.45) is 0 Å². The van der Waals surface area contributed by atoms with Crippen LogP contribution in [0.25, 0.3) is 0 Å². The molecule has 2 aromatic rings. The van der Waals surface area contributed by atoms with Gasteiger partial charge in [-0.3, -0.25) is 9.78 Å². The van der Waals surface area contributed by atoms with Crippen molar-refractivity contribution in [1.82, 2.24) is 9.88 Å². The summed E-state index contributed by atoms with van der Waals surface area (Å²) in [5.41, 5.74) is 0.573. The molecule has 2 atom stereocenters. The number of hydrogen-bond acceptors (Lipinski definition) is 4. The highest BCUT2D eigenvalue weighted by Gasteiger charge is 2.47. The van der Waals surface area contributed by atoms with Gasteiger partial charge >= 0.3 is 0 Å². The Balaban J connectivity index is 1.57. The van der Waals surface area contributed by atoms with E-state index in [2.05, 4.69) is 4.98 Å². The second-order valence-corrected chi connectivity index (χ2v) is 9.02. The summed E-state index contributed by atoms with van der Waals surface area (Å²) in [6.07, 6.45) is 5.99. The van der Waals surface area contributed by atoms with Crippen LogP contribution in [0, 0.1) is 0 Å². The minimum atomic E-state index is -3.35. The molecule has 0 spiro atoms. The Labute approximate surface area is 147 Å². The fraction of sp³-hybridized carbons (Fsp3) is 0.368. The number of carbonyl (C=O) groups is 1. The monoisotopic (exact) mass is 356 g/mol. The van der Waals surface area contributed by atoms with E-state index in [4.69, 9.17) is 0 Å². The fourth-order valence-corrected chi connectivity index (χ4v) is 6.03. The summed E-state index contributed by atoms with van der Waals surface area (Å²) in [5.74, 6) is -0.0313. The lowest BCUT2D eigenvalue weighted by atomic mass is 10.0. The van der Waals surface area contributed by atoms with E-state index in [1.54, 1.807) is 48.8 Å². The predicted molar refractivity (Wildman–Crippen MR) is 93.9 cm³/mol. The summed E-state index contributed by atoms with van der Waals surface area (Å²) in [6, 6.07) is 12.1. The van der Waals surface area contributed by atoms with Crippen molar-refractivity contribution in [1.29, 1.82) is 0 Å². The van der Waals surface area contributed by atoms with Crippen LogP contribution in [-0.4, -0.2) is 41.5 Å². The molecule has 4 rings (SSSR count). The second-order valence-electron chi connectivity index (χ2n) is 6.79. The van der Waals surface area contributed by atoms with Gasteiger partial charge in [0.15, 0.2) is 9.84 Å². The highest BCUT2D eigenvalue weighted by atomic mass is 32.2. The van der Waals surface area contributed by atoms with Gasteiger partial charge in [-0.25, -0.2) is 8.42 Å². The van der Waals surface area contributed by atoms with E-state index in [0.29, 0.717) is 23.3 Å². The summed E-state index contributed by atoms with van der Waals surface area (Å²) in [6.45, 7) is 0. The second kappa shape index (κ2) is 6.26. The Hall–Kier alpha value is -2.21. The summed E-state index contributed by atoms with van der Waals surface area (Å²) < 4.78 is 25.9. The molecule has 130 valence electrons. The van der Waals surface area contributed by atoms with Gasteiger partial charge in [-0.2, -0.15) is 0 Å². The molecule has 25 heavy (non-hydrogen) atoms. The number of hydrogen-bond donors (Lipinski definition) is 0. The van der Waals surface area contributed by atoms with Gasteiger partial charge in [0, 0.05) is 24.5 Å². The van der Waals surface area contributed by atoms with Gasteiger partial charge in [-0.15, -0.1) is 0 Å². The molecule has 0 radical (unpaired) electrons. The first-order valence-corrected chi connectivity index (χ1v) is 10.1. The molecule has 2 bridgehead atoms. The van der Waals surface area contributed by atoms with Crippen LogP contribution in [0.1, 0.15) is 36.0 Å². The van der Waals surface area contributed by atoms with Crippen molar-refractivity contribution in [3.63, 3.8) is 0 Å². The van der Waals surface area contributed by atoms with E-state index in [0.717, 1.165) is 12.8 Å². The van der Waals surface area contributed by atoms with E-state index in [-0.39, 0.29) is 18.0 Å². The molecule has 2 unspecified atom stereocenters. The first-order valence-electron chi connectivity index (χ1n) is 8.59. The number of fused-ring (bicyclic) bond motifs is 2. The van der Waals surface area contributed by atoms with Crippen molar-refractivity contribution < 1.29 is 13.2 Å². The number of pyridine rings is 1. The smallest absolute Gasteiger partial charge is 0.255 e. The molecule has 6 heteroatoms. The van der Waals surface area contributed by atoms with Crippen LogP contribution in [0.3, 0.4) is 0 Å². The summed E-state index contributed by atoms with van der Waals surface area (Å²) in [7, 11) is -3.35. The molecule has 1 aromatic heterocycles. The maximum absolute atomic E-state index is 12.9. The van der Waals surface area contributed by atoms with Gasteiger partial charge in [0.1, 0.15) is 0 Å². The molecule has 2 saturated heterocycles. The number of carbonyl (C=O) groups excluding carboxylic acids is 1. The van der Waals surface area contributed by atoms with Crippen LogP contribution in [0.5, 0.6) is 0 Å². The molecule has 2 aliphatic heterocycles. The molecule has 2 aliphatic rings. The highest BCUT2D eigenvalue weighted by molar-refractivity contribution is 7.92. The number of piperidine rings is 1. The number of benzene rings is 1. The predicted octanol–water partition coefficient (Wildman–Crippen LogP) is 2.69. The van der Waals surface area contributed by atoms with Crippen molar-refractivity contribution >= 4 is 15.7 Å². The van der Waals surface area contributed by atoms with Crippen LogP contribution in [0.2, 0.25) is 0 Å². The van der Waals surface area contributed by atoms with Gasteiger partial charge in [0.2, 0.25) is 0 Å². The standard InChI is InChI=1S/C19H20N2O3S/c22-19(14-5-4-10-20-13-14)21-15-8-9-16(21)12-18(11-15)25(23,24)17-6-2-1-3-7-17/h1-7,10,13,15-16,18H,8-9,11-12H2. The summed E-state index contributed by atoms with van der Waals surface area (Å²) >= 11 is 0. The zero-order chi connectivity index (χ0) is 17.4. The van der Waals surface area contributed by atoms with E-state index >= 15 is 0 Å². The lowest BCUT2D eigenvalue weighted by molar-refractivity contribution is 0.0598. The topological polar surface area (TPSA) is 67.3 Å². The number of amides is 1. The first-order chi connectivity index (χ1) is 12.1. The lowest BCUT2D eigenvalue weighted by Gasteiger charge is -2.38. The third kappa shape index (κ3) is 2.84. The van der Waals surface area contributed by atoms with Gasteiger partial charge in [0.25, 0.3) is 5.91 Å². The summed E-state index contributed by atoms with van der Waals surface area (Å²) in [4.78, 5) is 19.1. The first kappa shape index (κ1) is 16.3. The minimum absolute atomic E-state index is 0.00468. The van der Waals surface area contributed by atoms with Gasteiger partial charge < -0.3 is 4.90 Å². The third-order valence-electron chi connectivity index (χ3n) is 5.34. The largest absolute Gasteiger partial charge is 0.333 e. The Morgan fingerprint density at radius 2 is 1.68 bits per heavy atom. The fourth-order valence-electron chi connectivity index (χ4n) is 4.15. The Kier molecular flexibility index (Phi) is 4.07. The van der Waals surface area contributed by atoms with E-state index in [1.165, 1.54) is 0 Å². The van der Waals surface area contributed by atoms with Gasteiger partial charge in [-0.05, 0) is 49.9 Å². The number of sulfone groups is 1. The number of nitrogens with zero attached hydrogens (tertiary/aromatic N) is 2. The molecular weight excluding hydrogens is 336 g/mol. The van der Waals surface area contributed by atoms with E-state index < -0.39 is 15.1 Å². The van der Waals surface area contributed by atoms with E-state index in [9.17, 15) is 13.2 Å². The zero-order valence-corrected chi connectivity index (χ0v) is 14.6. The van der Waals surface area contributed by atoms with Crippen LogP contribution in [0.15, 0.2) is 59.8 Å². The van der Waals surface area contributed by atoms with Crippen LogP contribution >= 0.6 is 0 Å². The van der Waals surface area contributed by atoms with Crippen molar-refractivity contribution in [3.05, 3.63) is 60.4 Å². The molecule has 1 amide bonds. The third-order valence-corrected chi connectivity index (χ3v) is 7.54. The van der Waals surface area contributed by atoms with Crippen LogP contribution < -0.4 is 0 Å². The zero-order valence-electron chi connectivity index (χ0n) is 13.8.